The average Bonchev–Trinajstić information content (AvgIpc) is 2.14. The van der Waals surface area contributed by atoms with Crippen molar-refractivity contribution < 1.29 is 14.0 Å². The van der Waals surface area contributed by atoms with Crippen LogP contribution in [0.5, 0.6) is 0 Å². The van der Waals surface area contributed by atoms with Crippen LogP contribution in [0.15, 0.2) is 17.0 Å². The van der Waals surface area contributed by atoms with E-state index in [-0.39, 0.29) is 17.0 Å². The summed E-state index contributed by atoms with van der Waals surface area (Å²) in [6.45, 7) is -0.0998. The standard InChI is InChI=1S/C8H9F2NOS/c1-13-6-3-2-5(4-11-12)7(9)8(6)10/h2-3,11-12H,4H2,1H3. The zero-order valence-electron chi connectivity index (χ0n) is 6.97. The van der Waals surface area contributed by atoms with Crippen LogP contribution in [-0.4, -0.2) is 11.5 Å². The molecule has 1 aromatic rings. The van der Waals surface area contributed by atoms with E-state index >= 15 is 0 Å². The first-order valence-corrected chi connectivity index (χ1v) is 4.81. The third kappa shape index (κ3) is 2.18. The van der Waals surface area contributed by atoms with Gasteiger partial charge in [-0.3, -0.25) is 0 Å². The molecule has 2 N–H and O–H groups in total. The topological polar surface area (TPSA) is 32.3 Å². The van der Waals surface area contributed by atoms with Crippen LogP contribution in [0.25, 0.3) is 0 Å². The summed E-state index contributed by atoms with van der Waals surface area (Å²) in [6, 6.07) is 2.92. The molecule has 0 heterocycles. The first-order valence-electron chi connectivity index (χ1n) is 3.58. The predicted octanol–water partition coefficient (Wildman–Crippen LogP) is 2.17. The van der Waals surface area contributed by atoms with Crippen LogP contribution < -0.4 is 5.48 Å². The van der Waals surface area contributed by atoms with Gasteiger partial charge in [0.2, 0.25) is 0 Å². The van der Waals surface area contributed by atoms with Gasteiger partial charge in [-0.15, -0.1) is 11.8 Å². The zero-order chi connectivity index (χ0) is 9.84. The molecule has 2 nitrogen and oxygen atoms in total. The summed E-state index contributed by atoms with van der Waals surface area (Å²) < 4.78 is 26.2. The average molecular weight is 205 g/mol. The molecule has 0 unspecified atom stereocenters. The quantitative estimate of drug-likeness (QED) is 0.586. The Hall–Kier alpha value is -0.650. The molecule has 5 heteroatoms. The maximum atomic E-state index is 13.1. The molecule has 0 fully saturated rings. The number of thioether (sulfide) groups is 1. The van der Waals surface area contributed by atoms with E-state index in [0.717, 1.165) is 11.8 Å². The molecule has 0 amide bonds. The number of rotatable bonds is 3. The van der Waals surface area contributed by atoms with Crippen LogP contribution >= 0.6 is 11.8 Å². The molecule has 0 bridgehead atoms. The molecule has 0 aliphatic heterocycles. The van der Waals surface area contributed by atoms with E-state index in [9.17, 15) is 8.78 Å². The Morgan fingerprint density at radius 1 is 1.38 bits per heavy atom. The second-order valence-corrected chi connectivity index (χ2v) is 3.24. The van der Waals surface area contributed by atoms with Crippen LogP contribution in [0.2, 0.25) is 0 Å². The van der Waals surface area contributed by atoms with Crippen molar-refractivity contribution in [1.29, 1.82) is 0 Å². The minimum atomic E-state index is -0.909. The Morgan fingerprint density at radius 3 is 2.62 bits per heavy atom. The highest BCUT2D eigenvalue weighted by molar-refractivity contribution is 7.98. The number of benzene rings is 1. The summed E-state index contributed by atoms with van der Waals surface area (Å²) in [6.07, 6.45) is 1.67. The fourth-order valence-electron chi connectivity index (χ4n) is 0.951. The van der Waals surface area contributed by atoms with E-state index in [0.29, 0.717) is 0 Å². The summed E-state index contributed by atoms with van der Waals surface area (Å²) in [5.74, 6) is -1.77. The highest BCUT2D eigenvalue weighted by atomic mass is 32.2. The first-order chi connectivity index (χ1) is 6.20. The summed E-state index contributed by atoms with van der Waals surface area (Å²) in [5.41, 5.74) is 1.89. The maximum absolute atomic E-state index is 13.1. The van der Waals surface area contributed by atoms with E-state index in [1.54, 1.807) is 11.7 Å². The van der Waals surface area contributed by atoms with Crippen molar-refractivity contribution in [3.05, 3.63) is 29.3 Å². The Bertz CT molecular complexity index is 306. The number of hydrogen-bond donors (Lipinski definition) is 2. The van der Waals surface area contributed by atoms with Crippen molar-refractivity contribution in [1.82, 2.24) is 5.48 Å². The van der Waals surface area contributed by atoms with Crippen LogP contribution in [0, 0.1) is 11.6 Å². The lowest BCUT2D eigenvalue weighted by Gasteiger charge is -2.05. The highest BCUT2D eigenvalue weighted by Crippen LogP contribution is 2.23. The lowest BCUT2D eigenvalue weighted by molar-refractivity contribution is 0.159. The predicted molar refractivity (Wildman–Crippen MR) is 46.8 cm³/mol. The van der Waals surface area contributed by atoms with Gasteiger partial charge in [0.05, 0.1) is 0 Å². The van der Waals surface area contributed by atoms with Gasteiger partial charge >= 0.3 is 0 Å². The van der Waals surface area contributed by atoms with Gasteiger partial charge in [0.1, 0.15) is 0 Å². The minimum Gasteiger partial charge on any atom is -0.316 e. The number of halogens is 2. The number of nitrogens with one attached hydrogen (secondary N) is 1. The number of hydrogen-bond acceptors (Lipinski definition) is 3. The van der Waals surface area contributed by atoms with Crippen molar-refractivity contribution in [2.24, 2.45) is 0 Å². The third-order valence-corrected chi connectivity index (χ3v) is 2.37. The lowest BCUT2D eigenvalue weighted by atomic mass is 10.2. The van der Waals surface area contributed by atoms with E-state index in [1.165, 1.54) is 12.1 Å². The first kappa shape index (κ1) is 10.4. The van der Waals surface area contributed by atoms with Gasteiger partial charge in [0.25, 0.3) is 0 Å². The molecule has 0 radical (unpaired) electrons. The van der Waals surface area contributed by atoms with E-state index < -0.39 is 11.6 Å². The Morgan fingerprint density at radius 2 is 2.08 bits per heavy atom. The van der Waals surface area contributed by atoms with Crippen LogP contribution in [0.4, 0.5) is 8.78 Å². The van der Waals surface area contributed by atoms with Crippen molar-refractivity contribution >= 4 is 11.8 Å². The molecule has 0 atom stereocenters. The second kappa shape index (κ2) is 4.55. The fourth-order valence-corrected chi connectivity index (χ4v) is 1.42. The molecule has 72 valence electrons. The molecule has 1 rings (SSSR count). The summed E-state index contributed by atoms with van der Waals surface area (Å²) in [7, 11) is 0. The molecule has 13 heavy (non-hydrogen) atoms. The monoisotopic (exact) mass is 205 g/mol. The van der Waals surface area contributed by atoms with Crippen molar-refractivity contribution in [3.8, 4) is 0 Å². The van der Waals surface area contributed by atoms with Gasteiger partial charge in [-0.25, -0.2) is 14.3 Å². The van der Waals surface area contributed by atoms with Gasteiger partial charge in [0.15, 0.2) is 11.6 Å². The normalized spacial score (nSPS) is 10.5. The third-order valence-electron chi connectivity index (χ3n) is 1.62. The smallest absolute Gasteiger partial charge is 0.172 e. The molecular weight excluding hydrogens is 196 g/mol. The minimum absolute atomic E-state index is 0.0998. The lowest BCUT2D eigenvalue weighted by Crippen LogP contribution is -2.09. The molecule has 0 aliphatic carbocycles. The second-order valence-electron chi connectivity index (χ2n) is 2.39. The number of hydroxylamine groups is 1. The van der Waals surface area contributed by atoms with Gasteiger partial charge < -0.3 is 5.21 Å². The molecule has 0 aromatic heterocycles. The molecule has 0 saturated carbocycles. The fraction of sp³-hybridized carbons (Fsp3) is 0.250. The van der Waals surface area contributed by atoms with E-state index in [4.69, 9.17) is 5.21 Å². The van der Waals surface area contributed by atoms with Crippen LogP contribution in [0.3, 0.4) is 0 Å². The van der Waals surface area contributed by atoms with Crippen molar-refractivity contribution in [2.45, 2.75) is 11.4 Å². The van der Waals surface area contributed by atoms with Crippen molar-refractivity contribution in [3.63, 3.8) is 0 Å². The molecule has 1 aromatic carbocycles. The zero-order valence-corrected chi connectivity index (χ0v) is 7.79. The summed E-state index contributed by atoms with van der Waals surface area (Å²) in [5, 5.41) is 8.32. The van der Waals surface area contributed by atoms with E-state index in [1.807, 2.05) is 0 Å². The highest BCUT2D eigenvalue weighted by Gasteiger charge is 2.11. The Kier molecular flexibility index (Phi) is 3.65. The summed E-state index contributed by atoms with van der Waals surface area (Å²) in [4.78, 5) is 0.263. The Labute approximate surface area is 78.9 Å². The van der Waals surface area contributed by atoms with Crippen LogP contribution in [0.1, 0.15) is 5.56 Å². The molecular formula is C8H9F2NOS. The van der Waals surface area contributed by atoms with Crippen molar-refractivity contribution in [2.75, 3.05) is 6.26 Å². The SMILES string of the molecule is CSc1ccc(CNO)c(F)c1F. The Balaban J connectivity index is 3.07. The van der Waals surface area contributed by atoms with E-state index in [2.05, 4.69) is 0 Å². The molecule has 0 aliphatic rings. The summed E-state index contributed by atoms with van der Waals surface area (Å²) >= 11 is 1.14. The molecule has 0 saturated heterocycles. The van der Waals surface area contributed by atoms with Gasteiger partial charge in [-0.2, -0.15) is 0 Å². The van der Waals surface area contributed by atoms with Gasteiger partial charge in [-0.1, -0.05) is 6.07 Å². The van der Waals surface area contributed by atoms with Gasteiger partial charge in [-0.05, 0) is 12.3 Å². The molecule has 0 spiro atoms. The van der Waals surface area contributed by atoms with Crippen LogP contribution in [-0.2, 0) is 6.54 Å². The largest absolute Gasteiger partial charge is 0.316 e. The maximum Gasteiger partial charge on any atom is 0.172 e. The van der Waals surface area contributed by atoms with Gasteiger partial charge in [0, 0.05) is 17.0 Å².